The molecule has 0 aliphatic carbocycles. The second kappa shape index (κ2) is 12.2. The van der Waals surface area contributed by atoms with E-state index in [1.165, 1.54) is 11.3 Å². The number of esters is 1. The molecule has 34 heavy (non-hydrogen) atoms. The number of carbonyl (C=O) groups is 2. The monoisotopic (exact) mass is 526 g/mol. The quantitative estimate of drug-likeness (QED) is 0.323. The molecular formula is C24H28Cl2N2O5S. The van der Waals surface area contributed by atoms with Crippen LogP contribution in [-0.2, 0) is 20.7 Å². The molecule has 1 atom stereocenters. The van der Waals surface area contributed by atoms with Gasteiger partial charge >= 0.3 is 5.97 Å². The van der Waals surface area contributed by atoms with Gasteiger partial charge in [-0.3, -0.25) is 9.69 Å². The molecule has 0 unspecified atom stereocenters. The van der Waals surface area contributed by atoms with Gasteiger partial charge in [-0.2, -0.15) is 0 Å². The van der Waals surface area contributed by atoms with Gasteiger partial charge in [0.15, 0.2) is 0 Å². The Labute approximate surface area is 213 Å². The van der Waals surface area contributed by atoms with Gasteiger partial charge < -0.3 is 19.1 Å². The van der Waals surface area contributed by atoms with E-state index in [1.807, 2.05) is 17.0 Å². The zero-order valence-corrected chi connectivity index (χ0v) is 21.2. The SMILES string of the molecule is O=C(OCCN1CCOCC1)c1ccc(CCCN2C(=O)C[C@@H]2COc2cc(Cl)cc(Cl)c2)s1. The highest BCUT2D eigenvalue weighted by atomic mass is 35.5. The lowest BCUT2D eigenvalue weighted by Gasteiger charge is -2.40. The molecule has 7 nitrogen and oxygen atoms in total. The zero-order valence-electron chi connectivity index (χ0n) is 18.8. The number of thiophene rings is 1. The predicted molar refractivity (Wildman–Crippen MR) is 132 cm³/mol. The zero-order chi connectivity index (χ0) is 23.9. The number of hydrogen-bond acceptors (Lipinski definition) is 7. The van der Waals surface area contributed by atoms with Crippen LogP contribution < -0.4 is 4.74 Å². The summed E-state index contributed by atoms with van der Waals surface area (Å²) < 4.78 is 16.5. The van der Waals surface area contributed by atoms with Crippen LogP contribution in [0.4, 0.5) is 0 Å². The molecule has 1 aromatic carbocycles. The fraction of sp³-hybridized carbons (Fsp3) is 0.500. The van der Waals surface area contributed by atoms with Crippen molar-refractivity contribution in [3.8, 4) is 5.75 Å². The normalized spacial score (nSPS) is 18.6. The fourth-order valence-corrected chi connectivity index (χ4v) is 5.44. The maximum absolute atomic E-state index is 12.3. The van der Waals surface area contributed by atoms with Crippen molar-refractivity contribution >= 4 is 46.4 Å². The van der Waals surface area contributed by atoms with Crippen molar-refractivity contribution in [3.63, 3.8) is 0 Å². The van der Waals surface area contributed by atoms with Crippen LogP contribution in [0.5, 0.6) is 5.75 Å². The van der Waals surface area contributed by atoms with Crippen molar-refractivity contribution in [1.82, 2.24) is 9.80 Å². The Morgan fingerprint density at radius 1 is 1.12 bits per heavy atom. The van der Waals surface area contributed by atoms with Crippen LogP contribution in [0.15, 0.2) is 30.3 Å². The second-order valence-electron chi connectivity index (χ2n) is 8.32. The molecule has 0 spiro atoms. The van der Waals surface area contributed by atoms with E-state index in [9.17, 15) is 9.59 Å². The molecule has 1 aromatic heterocycles. The minimum atomic E-state index is -0.277. The van der Waals surface area contributed by atoms with E-state index in [0.29, 0.717) is 46.9 Å². The number of nitrogens with zero attached hydrogens (tertiary/aromatic N) is 2. The van der Waals surface area contributed by atoms with E-state index in [1.54, 1.807) is 18.2 Å². The van der Waals surface area contributed by atoms with E-state index in [-0.39, 0.29) is 17.9 Å². The summed E-state index contributed by atoms with van der Waals surface area (Å²) in [5.41, 5.74) is 0. The predicted octanol–water partition coefficient (Wildman–Crippen LogP) is 4.16. The Morgan fingerprint density at radius 3 is 2.62 bits per heavy atom. The van der Waals surface area contributed by atoms with Gasteiger partial charge in [0.25, 0.3) is 0 Å². The standard InChI is InChI=1S/C24H28Cl2N2O5S/c25-17-12-18(26)14-20(13-17)33-16-19-15-23(29)28(19)5-1-2-21-3-4-22(34-21)24(30)32-11-8-27-6-9-31-10-7-27/h3-4,12-14,19H,1-2,5-11,15-16H2/t19-/m1/s1. The molecule has 2 aliphatic heterocycles. The third kappa shape index (κ3) is 7.09. The highest BCUT2D eigenvalue weighted by Crippen LogP contribution is 2.27. The van der Waals surface area contributed by atoms with Gasteiger partial charge in [-0.25, -0.2) is 4.79 Å². The molecule has 0 saturated carbocycles. The number of hydrogen-bond donors (Lipinski definition) is 0. The lowest BCUT2D eigenvalue weighted by molar-refractivity contribution is -0.147. The van der Waals surface area contributed by atoms with Crippen LogP contribution in [0.2, 0.25) is 10.0 Å². The summed E-state index contributed by atoms with van der Waals surface area (Å²) in [6, 6.07) is 8.89. The number of halogens is 2. The summed E-state index contributed by atoms with van der Waals surface area (Å²) in [4.78, 5) is 30.2. The van der Waals surface area contributed by atoms with E-state index in [4.69, 9.17) is 37.4 Å². The van der Waals surface area contributed by atoms with Crippen LogP contribution >= 0.6 is 34.5 Å². The lowest BCUT2D eigenvalue weighted by Crippen LogP contribution is -2.55. The first-order valence-electron chi connectivity index (χ1n) is 11.4. The minimum absolute atomic E-state index is 0.0469. The van der Waals surface area contributed by atoms with Gasteiger partial charge in [-0.05, 0) is 43.2 Å². The molecule has 3 heterocycles. The highest BCUT2D eigenvalue weighted by Gasteiger charge is 2.35. The van der Waals surface area contributed by atoms with Crippen LogP contribution in [-0.4, -0.2) is 80.3 Å². The Kier molecular flexibility index (Phi) is 9.08. The smallest absolute Gasteiger partial charge is 0.348 e. The number of rotatable bonds is 11. The molecule has 0 N–H and O–H groups in total. The van der Waals surface area contributed by atoms with Gasteiger partial charge in [0.1, 0.15) is 23.8 Å². The average molecular weight is 527 g/mol. The molecule has 1 amide bonds. The average Bonchev–Trinajstić information content (AvgIpc) is 3.28. The van der Waals surface area contributed by atoms with Gasteiger partial charge in [-0.1, -0.05) is 23.2 Å². The number of ether oxygens (including phenoxy) is 3. The fourth-order valence-electron chi connectivity index (χ4n) is 3.99. The highest BCUT2D eigenvalue weighted by molar-refractivity contribution is 7.13. The summed E-state index contributed by atoms with van der Waals surface area (Å²) >= 11 is 13.5. The van der Waals surface area contributed by atoms with Crippen LogP contribution in [0.25, 0.3) is 0 Å². The molecule has 184 valence electrons. The summed E-state index contributed by atoms with van der Waals surface area (Å²) in [6.07, 6.45) is 2.10. The second-order valence-corrected chi connectivity index (χ2v) is 10.4. The van der Waals surface area contributed by atoms with Crippen LogP contribution in [0.1, 0.15) is 27.4 Å². The molecule has 0 bridgehead atoms. The third-order valence-electron chi connectivity index (χ3n) is 5.88. The van der Waals surface area contributed by atoms with Gasteiger partial charge in [-0.15, -0.1) is 11.3 Å². The first kappa shape index (κ1) is 25.3. The lowest BCUT2D eigenvalue weighted by atomic mass is 10.0. The summed E-state index contributed by atoms with van der Waals surface area (Å²) in [7, 11) is 0. The number of amides is 1. The maximum Gasteiger partial charge on any atom is 0.348 e. The Bertz CT molecular complexity index is 975. The van der Waals surface area contributed by atoms with Gasteiger partial charge in [0.2, 0.25) is 5.91 Å². The van der Waals surface area contributed by atoms with E-state index in [2.05, 4.69) is 4.90 Å². The molecule has 2 aliphatic rings. The number of benzene rings is 1. The van der Waals surface area contributed by atoms with Crippen molar-refractivity contribution < 1.29 is 23.8 Å². The number of likely N-dealkylation sites (tertiary alicyclic amines) is 1. The molecule has 4 rings (SSSR count). The van der Waals surface area contributed by atoms with Gasteiger partial charge in [0, 0.05) is 41.1 Å². The van der Waals surface area contributed by atoms with Crippen molar-refractivity contribution in [2.75, 3.05) is 52.6 Å². The number of β-lactam (4-membered cyclic amide) rings is 1. The largest absolute Gasteiger partial charge is 0.491 e. The van der Waals surface area contributed by atoms with E-state index < -0.39 is 0 Å². The van der Waals surface area contributed by atoms with Crippen molar-refractivity contribution in [3.05, 3.63) is 50.1 Å². The molecule has 2 fully saturated rings. The molecule has 0 radical (unpaired) electrons. The van der Waals surface area contributed by atoms with Crippen molar-refractivity contribution in [1.29, 1.82) is 0 Å². The number of carbonyl (C=O) groups excluding carboxylic acids is 2. The summed E-state index contributed by atoms with van der Waals surface area (Å²) in [6.45, 7) is 5.39. The first-order valence-corrected chi connectivity index (χ1v) is 13.0. The van der Waals surface area contributed by atoms with Crippen LogP contribution in [0.3, 0.4) is 0 Å². The third-order valence-corrected chi connectivity index (χ3v) is 7.44. The molecule has 10 heteroatoms. The minimum Gasteiger partial charge on any atom is -0.491 e. The van der Waals surface area contributed by atoms with E-state index in [0.717, 1.165) is 50.6 Å². The summed E-state index contributed by atoms with van der Waals surface area (Å²) in [5, 5.41) is 1.03. The Hall–Kier alpha value is -1.84. The Balaban J connectivity index is 1.16. The number of aryl methyl sites for hydroxylation is 1. The Morgan fingerprint density at radius 2 is 1.88 bits per heavy atom. The van der Waals surface area contributed by atoms with Crippen LogP contribution in [0, 0.1) is 0 Å². The first-order chi connectivity index (χ1) is 16.5. The maximum atomic E-state index is 12.3. The van der Waals surface area contributed by atoms with Crippen molar-refractivity contribution in [2.24, 2.45) is 0 Å². The van der Waals surface area contributed by atoms with E-state index >= 15 is 0 Å². The van der Waals surface area contributed by atoms with Gasteiger partial charge in [0.05, 0.1) is 25.7 Å². The molecule has 2 saturated heterocycles. The molecule has 2 aromatic rings. The van der Waals surface area contributed by atoms with Crippen molar-refractivity contribution in [2.45, 2.75) is 25.3 Å². The summed E-state index contributed by atoms with van der Waals surface area (Å²) in [5.74, 6) is 0.453. The molecular weight excluding hydrogens is 499 g/mol. The number of morpholine rings is 1. The topological polar surface area (TPSA) is 68.3 Å².